The molecule has 4 amide bonds. The number of para-hydroxylation sites is 1. The second kappa shape index (κ2) is 18.4. The van der Waals surface area contributed by atoms with Crippen molar-refractivity contribution in [2.75, 3.05) is 50.0 Å². The number of aromatic hydroxyl groups is 1. The number of thiazole rings is 1. The number of hydrogen-bond donors (Lipinski definition) is 5. The minimum absolute atomic E-state index is 0.0439. The van der Waals surface area contributed by atoms with Gasteiger partial charge in [-0.1, -0.05) is 57.2 Å². The number of piperidine rings is 1. The second-order valence-electron chi connectivity index (χ2n) is 17.7. The van der Waals surface area contributed by atoms with E-state index in [4.69, 9.17) is 10.5 Å². The number of nitrogens with one attached hydrogen (secondary N) is 2. The summed E-state index contributed by atoms with van der Waals surface area (Å²) in [5.74, 6) is -1.11. The first-order valence-electron chi connectivity index (χ1n) is 21.2. The smallest absolute Gasteiger partial charge is 0.246 e. The van der Waals surface area contributed by atoms with E-state index in [-0.39, 0.29) is 55.2 Å². The molecule has 2 unspecified atom stereocenters. The number of morpholine rings is 1. The van der Waals surface area contributed by atoms with Gasteiger partial charge in [-0.05, 0) is 61.4 Å². The number of amides is 4. The molecule has 0 bridgehead atoms. The predicted octanol–water partition coefficient (Wildman–Crippen LogP) is 4.21. The van der Waals surface area contributed by atoms with E-state index in [1.807, 2.05) is 76.5 Å². The molecule has 6 N–H and O–H groups in total. The number of rotatable bonds is 11. The van der Waals surface area contributed by atoms with Crippen LogP contribution in [0, 0.1) is 12.3 Å². The summed E-state index contributed by atoms with van der Waals surface area (Å²) in [6.45, 7) is 11.6. The van der Waals surface area contributed by atoms with Gasteiger partial charge in [0.05, 0.1) is 51.8 Å². The van der Waals surface area contributed by atoms with Crippen LogP contribution in [-0.2, 0) is 23.9 Å². The maximum Gasteiger partial charge on any atom is 0.246 e. The van der Waals surface area contributed by atoms with Crippen molar-refractivity contribution < 1.29 is 34.1 Å². The molecule has 4 aromatic rings. The standard InChI is InChI=1S/C45H57N9O7S/c1-27(29-10-12-30(13-11-29)39-28(2)47-26-62-39)48-42(59)35-22-31(55)24-54(35)43(60)40(44(3,4)5)49-37(57)14-15-38(58)53-20-21-61-45(25-53)16-18-52(19-17-45)34-23-33(50-51-41(34)46)32-8-6-7-9-36(32)56/h6-13,23,26-27,31,35,40,55-56H,14-22,24-25H2,1-5H3,(H2,46,51)(H,48,59)(H,49,57)/t27?,31-,35+,40?/m1/s1. The number of carbonyl (C=O) groups is 4. The summed E-state index contributed by atoms with van der Waals surface area (Å²) in [5, 5.41) is 35.3. The Balaban J connectivity index is 0.920. The van der Waals surface area contributed by atoms with E-state index in [9.17, 15) is 29.4 Å². The van der Waals surface area contributed by atoms with Crippen LogP contribution >= 0.6 is 11.3 Å². The van der Waals surface area contributed by atoms with Gasteiger partial charge in [0, 0.05) is 57.5 Å². The number of aryl methyl sites for hydroxylation is 1. The Morgan fingerprint density at radius 1 is 1.02 bits per heavy atom. The van der Waals surface area contributed by atoms with Crippen LogP contribution in [0.2, 0.25) is 0 Å². The van der Waals surface area contributed by atoms with E-state index in [0.717, 1.165) is 21.7 Å². The molecule has 3 aliphatic heterocycles. The molecular formula is C45H57N9O7S. The summed E-state index contributed by atoms with van der Waals surface area (Å²) >= 11 is 1.57. The van der Waals surface area contributed by atoms with Crippen molar-refractivity contribution in [2.45, 2.75) is 96.6 Å². The first-order chi connectivity index (χ1) is 29.5. The van der Waals surface area contributed by atoms with Crippen molar-refractivity contribution >= 4 is 46.5 Å². The van der Waals surface area contributed by atoms with Gasteiger partial charge in [-0.3, -0.25) is 19.2 Å². The number of benzene rings is 2. The lowest BCUT2D eigenvalue weighted by atomic mass is 9.85. The molecule has 330 valence electrons. The first-order valence-corrected chi connectivity index (χ1v) is 22.1. The van der Waals surface area contributed by atoms with Crippen molar-refractivity contribution in [3.05, 3.63) is 71.4 Å². The zero-order chi connectivity index (χ0) is 44.3. The average Bonchev–Trinajstić information content (AvgIpc) is 3.87. The summed E-state index contributed by atoms with van der Waals surface area (Å²) in [5.41, 5.74) is 11.4. The molecule has 2 aromatic heterocycles. The van der Waals surface area contributed by atoms with Crippen LogP contribution in [0.25, 0.3) is 21.7 Å². The van der Waals surface area contributed by atoms with Gasteiger partial charge in [0.15, 0.2) is 5.82 Å². The van der Waals surface area contributed by atoms with Crippen molar-refractivity contribution in [2.24, 2.45) is 5.41 Å². The van der Waals surface area contributed by atoms with Crippen LogP contribution in [0.5, 0.6) is 5.75 Å². The zero-order valence-corrected chi connectivity index (χ0v) is 36.8. The largest absolute Gasteiger partial charge is 0.507 e. The van der Waals surface area contributed by atoms with Crippen LogP contribution in [0.1, 0.15) is 77.1 Å². The molecular weight excluding hydrogens is 811 g/mol. The number of phenols is 1. The highest BCUT2D eigenvalue weighted by Crippen LogP contribution is 2.37. The lowest BCUT2D eigenvalue weighted by molar-refractivity contribution is -0.154. The number of aliphatic hydroxyl groups is 1. The maximum atomic E-state index is 14.2. The first kappa shape index (κ1) is 44.4. The van der Waals surface area contributed by atoms with Crippen LogP contribution in [0.15, 0.2) is 60.1 Å². The van der Waals surface area contributed by atoms with E-state index >= 15 is 0 Å². The van der Waals surface area contributed by atoms with Gasteiger partial charge >= 0.3 is 0 Å². The number of β-amino-alcohol motifs (C(OH)–C–C–N with tert-alkyl or cyclic N) is 1. The quantitative estimate of drug-likeness (QED) is 0.143. The third kappa shape index (κ3) is 9.85. The third-order valence-electron chi connectivity index (χ3n) is 12.2. The molecule has 0 aliphatic carbocycles. The normalized spacial score (nSPS) is 19.9. The highest BCUT2D eigenvalue weighted by Gasteiger charge is 2.45. The Kier molecular flexibility index (Phi) is 13.2. The van der Waals surface area contributed by atoms with E-state index in [0.29, 0.717) is 62.6 Å². The fourth-order valence-electron chi connectivity index (χ4n) is 8.61. The number of anilines is 2. The SMILES string of the molecule is Cc1ncsc1-c1ccc(C(C)NC(=O)[C@@H]2C[C@@H](O)CN2C(=O)C(NC(=O)CCC(=O)N2CCOC3(CCN(c4cc(-c5ccccc5O)nnc4N)CC3)C2)C(C)(C)C)cc1. The topological polar surface area (TPSA) is 216 Å². The number of aromatic nitrogens is 3. The summed E-state index contributed by atoms with van der Waals surface area (Å²) in [6, 6.07) is 14.3. The summed E-state index contributed by atoms with van der Waals surface area (Å²) in [4.78, 5) is 65.6. The Hall–Kier alpha value is -5.65. The highest BCUT2D eigenvalue weighted by atomic mass is 32.1. The van der Waals surface area contributed by atoms with Gasteiger partial charge in [-0.15, -0.1) is 21.5 Å². The maximum absolute atomic E-state index is 14.2. The molecule has 16 nitrogen and oxygen atoms in total. The van der Waals surface area contributed by atoms with Gasteiger partial charge < -0.3 is 46.0 Å². The third-order valence-corrected chi connectivity index (χ3v) is 13.2. The average molecular weight is 868 g/mol. The molecule has 2 aromatic carbocycles. The molecule has 62 heavy (non-hydrogen) atoms. The summed E-state index contributed by atoms with van der Waals surface area (Å²) in [6.07, 6.45) is 0.245. The Bertz CT molecular complexity index is 2270. The molecule has 0 radical (unpaired) electrons. The van der Waals surface area contributed by atoms with Crippen molar-refractivity contribution in [3.63, 3.8) is 0 Å². The number of ether oxygens (including phenoxy) is 1. The Labute approximate surface area is 365 Å². The number of carbonyl (C=O) groups excluding carboxylic acids is 4. The predicted molar refractivity (Wildman–Crippen MR) is 236 cm³/mol. The van der Waals surface area contributed by atoms with Gasteiger partial charge in [0.25, 0.3) is 0 Å². The van der Waals surface area contributed by atoms with E-state index in [1.165, 1.54) is 4.90 Å². The molecule has 3 aliphatic rings. The number of nitrogens with two attached hydrogens (primary N) is 1. The lowest BCUT2D eigenvalue weighted by Gasteiger charge is -2.47. The number of nitrogens with zero attached hydrogens (tertiary/aromatic N) is 6. The summed E-state index contributed by atoms with van der Waals surface area (Å²) < 4.78 is 6.32. The monoisotopic (exact) mass is 867 g/mol. The molecule has 3 fully saturated rings. The van der Waals surface area contributed by atoms with E-state index in [1.54, 1.807) is 34.4 Å². The van der Waals surface area contributed by atoms with Crippen LogP contribution in [0.4, 0.5) is 11.5 Å². The van der Waals surface area contributed by atoms with Crippen molar-refractivity contribution in [1.82, 2.24) is 35.6 Å². The highest BCUT2D eigenvalue weighted by molar-refractivity contribution is 7.13. The van der Waals surface area contributed by atoms with Crippen LogP contribution in [0.3, 0.4) is 0 Å². The molecule has 17 heteroatoms. The van der Waals surface area contributed by atoms with E-state index < -0.39 is 41.0 Å². The second-order valence-corrected chi connectivity index (χ2v) is 18.6. The molecule has 4 atom stereocenters. The summed E-state index contributed by atoms with van der Waals surface area (Å²) in [7, 11) is 0. The van der Waals surface area contributed by atoms with Gasteiger partial charge in [-0.2, -0.15) is 0 Å². The van der Waals surface area contributed by atoms with Gasteiger partial charge in [0.1, 0.15) is 17.8 Å². The molecule has 3 saturated heterocycles. The van der Waals surface area contributed by atoms with Crippen molar-refractivity contribution in [1.29, 1.82) is 0 Å². The minimum atomic E-state index is -1.01. The number of hydrogen-bond acceptors (Lipinski definition) is 13. The molecule has 0 saturated carbocycles. The van der Waals surface area contributed by atoms with Gasteiger partial charge in [0.2, 0.25) is 23.6 Å². The number of phenolic OH excluding ortho intramolecular Hbond substituents is 1. The minimum Gasteiger partial charge on any atom is -0.507 e. The van der Waals surface area contributed by atoms with Crippen LogP contribution in [-0.4, -0.2) is 122 Å². The van der Waals surface area contributed by atoms with Crippen molar-refractivity contribution in [3.8, 4) is 27.4 Å². The number of likely N-dealkylation sites (tertiary alicyclic amines) is 1. The molecule has 5 heterocycles. The van der Waals surface area contributed by atoms with Gasteiger partial charge in [-0.25, -0.2) is 4.98 Å². The number of nitrogen functional groups attached to an aromatic ring is 1. The van der Waals surface area contributed by atoms with E-state index in [2.05, 4.69) is 30.7 Å². The Morgan fingerprint density at radius 3 is 2.42 bits per heavy atom. The Morgan fingerprint density at radius 2 is 1.74 bits per heavy atom. The fraction of sp³-hybridized carbons (Fsp3) is 0.489. The zero-order valence-electron chi connectivity index (χ0n) is 36.0. The number of aliphatic hydroxyl groups excluding tert-OH is 1. The fourth-order valence-corrected chi connectivity index (χ4v) is 9.42. The molecule has 1 spiro atoms. The molecule has 7 rings (SSSR count). The lowest BCUT2D eigenvalue weighted by Crippen LogP contribution is -2.58. The van der Waals surface area contributed by atoms with Crippen LogP contribution < -0.4 is 21.3 Å².